The van der Waals surface area contributed by atoms with Crippen molar-refractivity contribution in [2.75, 3.05) is 6.61 Å². The first-order valence-electron chi connectivity index (χ1n) is 6.07. The molecule has 1 atom stereocenters. The first-order chi connectivity index (χ1) is 9.22. The Kier molecular flexibility index (Phi) is 4.39. The van der Waals surface area contributed by atoms with Crippen molar-refractivity contribution < 1.29 is 14.9 Å². The average Bonchev–Trinajstić information content (AvgIpc) is 2.46. The monoisotopic (exact) mass is 259 g/mol. The van der Waals surface area contributed by atoms with Crippen molar-refractivity contribution >= 4 is 0 Å². The second kappa shape index (κ2) is 6.22. The largest absolute Gasteiger partial charge is 0.504 e. The zero-order chi connectivity index (χ0) is 13.7. The van der Waals surface area contributed by atoms with E-state index in [0.29, 0.717) is 17.9 Å². The maximum absolute atomic E-state index is 10.1. The van der Waals surface area contributed by atoms with E-state index in [0.717, 1.165) is 5.56 Å². The highest BCUT2D eigenvalue weighted by molar-refractivity contribution is 5.47. The molecule has 2 rings (SSSR count). The van der Waals surface area contributed by atoms with Crippen LogP contribution in [0.1, 0.15) is 17.2 Å². The summed E-state index contributed by atoms with van der Waals surface area (Å²) in [6.07, 6.45) is 0. The first kappa shape index (κ1) is 13.4. The zero-order valence-electron chi connectivity index (χ0n) is 10.5. The number of benzene rings is 2. The molecular weight excluding hydrogens is 242 g/mol. The molecule has 0 unspecified atom stereocenters. The van der Waals surface area contributed by atoms with Crippen LogP contribution in [0, 0.1) is 0 Å². The molecule has 100 valence electrons. The molecule has 0 bridgehead atoms. The number of rotatable bonds is 5. The average molecular weight is 259 g/mol. The van der Waals surface area contributed by atoms with E-state index in [1.165, 1.54) is 0 Å². The van der Waals surface area contributed by atoms with Gasteiger partial charge in [0.2, 0.25) is 0 Å². The number of nitrogens with two attached hydrogens (primary N) is 1. The van der Waals surface area contributed by atoms with Gasteiger partial charge in [0.25, 0.3) is 0 Å². The Bertz CT molecular complexity index is 528. The van der Waals surface area contributed by atoms with Crippen LogP contribution < -0.4 is 10.5 Å². The van der Waals surface area contributed by atoms with E-state index < -0.39 is 6.04 Å². The van der Waals surface area contributed by atoms with Gasteiger partial charge < -0.3 is 20.7 Å². The summed E-state index contributed by atoms with van der Waals surface area (Å²) >= 11 is 0. The minimum absolute atomic E-state index is 0.0139. The molecule has 19 heavy (non-hydrogen) atoms. The van der Waals surface area contributed by atoms with Crippen LogP contribution in [-0.2, 0) is 6.61 Å². The minimum Gasteiger partial charge on any atom is -0.504 e. The fraction of sp³-hybridized carbons (Fsp3) is 0.200. The van der Waals surface area contributed by atoms with Crippen molar-refractivity contribution in [1.82, 2.24) is 0 Å². The Morgan fingerprint density at radius 2 is 1.79 bits per heavy atom. The van der Waals surface area contributed by atoms with E-state index in [2.05, 4.69) is 0 Å². The molecule has 0 fully saturated rings. The van der Waals surface area contributed by atoms with Crippen LogP contribution >= 0.6 is 0 Å². The molecule has 0 heterocycles. The number of phenols is 1. The maximum atomic E-state index is 10.1. The molecule has 0 spiro atoms. The summed E-state index contributed by atoms with van der Waals surface area (Å²) in [5.74, 6) is 0.352. The quantitative estimate of drug-likeness (QED) is 0.767. The Morgan fingerprint density at radius 1 is 1.05 bits per heavy atom. The molecule has 0 aliphatic heterocycles. The van der Waals surface area contributed by atoms with Gasteiger partial charge in [0.1, 0.15) is 6.61 Å². The molecule has 0 aliphatic rings. The van der Waals surface area contributed by atoms with E-state index in [-0.39, 0.29) is 12.4 Å². The normalized spacial score (nSPS) is 12.1. The van der Waals surface area contributed by atoms with Gasteiger partial charge >= 0.3 is 0 Å². The lowest BCUT2D eigenvalue weighted by atomic mass is 10.1. The zero-order valence-corrected chi connectivity index (χ0v) is 10.5. The smallest absolute Gasteiger partial charge is 0.162 e. The van der Waals surface area contributed by atoms with Crippen molar-refractivity contribution in [2.24, 2.45) is 5.73 Å². The lowest BCUT2D eigenvalue weighted by Crippen LogP contribution is -2.14. The van der Waals surface area contributed by atoms with E-state index in [4.69, 9.17) is 15.6 Å². The Labute approximate surface area is 112 Å². The molecule has 4 heteroatoms. The van der Waals surface area contributed by atoms with Crippen molar-refractivity contribution in [1.29, 1.82) is 0 Å². The van der Waals surface area contributed by atoms with Crippen LogP contribution in [0.5, 0.6) is 11.5 Å². The number of phenolic OH excluding ortho intramolecular Hbond substituents is 1. The van der Waals surface area contributed by atoms with E-state index in [1.807, 2.05) is 30.3 Å². The second-order valence-corrected chi connectivity index (χ2v) is 4.26. The third-order valence-electron chi connectivity index (χ3n) is 2.86. The van der Waals surface area contributed by atoms with Crippen LogP contribution in [0.25, 0.3) is 0 Å². The third kappa shape index (κ3) is 3.24. The summed E-state index contributed by atoms with van der Waals surface area (Å²) < 4.78 is 5.57. The van der Waals surface area contributed by atoms with E-state index in [9.17, 15) is 5.11 Å². The third-order valence-corrected chi connectivity index (χ3v) is 2.86. The molecule has 2 aromatic rings. The molecule has 0 aromatic heterocycles. The predicted molar refractivity (Wildman–Crippen MR) is 72.9 cm³/mol. The molecule has 4 nitrogen and oxygen atoms in total. The van der Waals surface area contributed by atoms with E-state index >= 15 is 0 Å². The van der Waals surface area contributed by atoms with Crippen LogP contribution in [-0.4, -0.2) is 16.8 Å². The summed E-state index contributed by atoms with van der Waals surface area (Å²) in [4.78, 5) is 0. The van der Waals surface area contributed by atoms with Gasteiger partial charge in [-0.1, -0.05) is 42.5 Å². The molecule has 4 N–H and O–H groups in total. The number of aliphatic hydroxyl groups is 1. The SMILES string of the molecule is N[C@H](CO)c1cccc(OCc2ccccc2)c1O. The topological polar surface area (TPSA) is 75.7 Å². The summed E-state index contributed by atoms with van der Waals surface area (Å²) in [6, 6.07) is 14.2. The summed E-state index contributed by atoms with van der Waals surface area (Å²) in [5, 5.41) is 19.1. The minimum atomic E-state index is -0.611. The van der Waals surface area contributed by atoms with Gasteiger partial charge in [0, 0.05) is 5.56 Å². The van der Waals surface area contributed by atoms with Crippen molar-refractivity contribution in [3.63, 3.8) is 0 Å². The van der Waals surface area contributed by atoms with Crippen LogP contribution in [0.15, 0.2) is 48.5 Å². The molecule has 0 saturated heterocycles. The summed E-state index contributed by atoms with van der Waals surface area (Å²) in [6.45, 7) is 0.141. The lowest BCUT2D eigenvalue weighted by Gasteiger charge is -2.14. The highest BCUT2D eigenvalue weighted by Crippen LogP contribution is 2.33. The number of ether oxygens (including phenoxy) is 1. The number of aromatic hydroxyl groups is 1. The first-order valence-corrected chi connectivity index (χ1v) is 6.07. The number of para-hydroxylation sites is 1. The van der Waals surface area contributed by atoms with Gasteiger partial charge in [-0.2, -0.15) is 0 Å². The van der Waals surface area contributed by atoms with Crippen molar-refractivity contribution in [3.8, 4) is 11.5 Å². The van der Waals surface area contributed by atoms with Crippen LogP contribution in [0.4, 0.5) is 0 Å². The van der Waals surface area contributed by atoms with Gasteiger partial charge in [-0.25, -0.2) is 0 Å². The highest BCUT2D eigenvalue weighted by atomic mass is 16.5. The maximum Gasteiger partial charge on any atom is 0.162 e. The van der Waals surface area contributed by atoms with Crippen molar-refractivity contribution in [2.45, 2.75) is 12.6 Å². The molecule has 0 saturated carbocycles. The van der Waals surface area contributed by atoms with Gasteiger partial charge in [0.05, 0.1) is 12.6 Å². The summed E-state index contributed by atoms with van der Waals surface area (Å²) in [5.41, 5.74) is 7.20. The lowest BCUT2D eigenvalue weighted by molar-refractivity contribution is 0.260. The molecule has 0 amide bonds. The number of aliphatic hydroxyl groups excluding tert-OH is 1. The molecule has 2 aromatic carbocycles. The fourth-order valence-corrected chi connectivity index (χ4v) is 1.79. The van der Waals surface area contributed by atoms with Crippen LogP contribution in [0.3, 0.4) is 0 Å². The fourth-order valence-electron chi connectivity index (χ4n) is 1.79. The number of hydrogen-bond donors (Lipinski definition) is 3. The van der Waals surface area contributed by atoms with Gasteiger partial charge in [-0.3, -0.25) is 0 Å². The number of hydrogen-bond acceptors (Lipinski definition) is 4. The molecular formula is C15H17NO3. The van der Waals surface area contributed by atoms with E-state index in [1.54, 1.807) is 18.2 Å². The summed E-state index contributed by atoms with van der Waals surface area (Å²) in [7, 11) is 0. The highest BCUT2D eigenvalue weighted by Gasteiger charge is 2.13. The Hall–Kier alpha value is -2.04. The predicted octanol–water partition coefficient (Wildman–Crippen LogP) is 1.96. The molecule has 0 radical (unpaired) electrons. The Morgan fingerprint density at radius 3 is 2.47 bits per heavy atom. The van der Waals surface area contributed by atoms with Gasteiger partial charge in [-0.05, 0) is 11.6 Å². The Balaban J connectivity index is 2.13. The van der Waals surface area contributed by atoms with Crippen molar-refractivity contribution in [3.05, 3.63) is 59.7 Å². The van der Waals surface area contributed by atoms with Gasteiger partial charge in [0.15, 0.2) is 11.5 Å². The second-order valence-electron chi connectivity index (χ2n) is 4.26. The standard InChI is InChI=1S/C15H17NO3/c16-13(9-17)12-7-4-8-14(15(12)18)19-10-11-5-2-1-3-6-11/h1-8,13,17-18H,9-10,16H2/t13-/m1/s1. The van der Waals surface area contributed by atoms with Crippen LogP contribution in [0.2, 0.25) is 0 Å². The molecule has 0 aliphatic carbocycles. The van der Waals surface area contributed by atoms with Gasteiger partial charge in [-0.15, -0.1) is 0 Å².